The standard InChI is InChI=1S/C19H26N4O2/c1-15-20-11-14-22(15)13-10-17-5-3-4-12-23(17)19(24)21-16-6-8-18(25-2)9-7-16/h6-9,11,14,17H,3-5,10,12-13H2,1-2H3,(H,21,24). The van der Waals surface area contributed by atoms with Gasteiger partial charge in [-0.15, -0.1) is 0 Å². The van der Waals surface area contributed by atoms with Gasteiger partial charge in [0.15, 0.2) is 0 Å². The molecule has 0 spiro atoms. The molecule has 1 saturated heterocycles. The molecule has 0 bridgehead atoms. The number of carbonyl (C=O) groups excluding carboxylic acids is 1. The van der Waals surface area contributed by atoms with E-state index in [1.807, 2.05) is 48.5 Å². The maximum Gasteiger partial charge on any atom is 0.322 e. The van der Waals surface area contributed by atoms with Crippen LogP contribution in [0.4, 0.5) is 10.5 Å². The van der Waals surface area contributed by atoms with Gasteiger partial charge in [-0.05, 0) is 56.9 Å². The number of aromatic nitrogens is 2. The van der Waals surface area contributed by atoms with Crippen molar-refractivity contribution in [3.05, 3.63) is 42.5 Å². The van der Waals surface area contributed by atoms with Gasteiger partial charge in [0.25, 0.3) is 0 Å². The summed E-state index contributed by atoms with van der Waals surface area (Å²) < 4.78 is 7.30. The van der Waals surface area contributed by atoms with Crippen LogP contribution in [0.25, 0.3) is 0 Å². The Kier molecular flexibility index (Phi) is 5.58. The predicted octanol–water partition coefficient (Wildman–Crippen LogP) is 3.68. The van der Waals surface area contributed by atoms with Crippen molar-refractivity contribution in [1.29, 1.82) is 0 Å². The second-order valence-electron chi connectivity index (χ2n) is 6.46. The van der Waals surface area contributed by atoms with Gasteiger partial charge in [-0.25, -0.2) is 9.78 Å². The Morgan fingerprint density at radius 3 is 2.80 bits per heavy atom. The van der Waals surface area contributed by atoms with E-state index in [4.69, 9.17) is 4.74 Å². The second-order valence-corrected chi connectivity index (χ2v) is 6.46. The van der Waals surface area contributed by atoms with Crippen LogP contribution in [-0.2, 0) is 6.54 Å². The number of carbonyl (C=O) groups is 1. The molecular weight excluding hydrogens is 316 g/mol. The van der Waals surface area contributed by atoms with Gasteiger partial charge in [0.1, 0.15) is 11.6 Å². The highest BCUT2D eigenvalue weighted by atomic mass is 16.5. The van der Waals surface area contributed by atoms with Crippen molar-refractivity contribution in [2.45, 2.75) is 45.2 Å². The third-order valence-electron chi connectivity index (χ3n) is 4.86. The number of aryl methyl sites for hydroxylation is 2. The minimum atomic E-state index is -0.0165. The molecule has 1 fully saturated rings. The Balaban J connectivity index is 1.60. The number of nitrogens with one attached hydrogen (secondary N) is 1. The van der Waals surface area contributed by atoms with E-state index in [9.17, 15) is 4.79 Å². The average Bonchev–Trinajstić information content (AvgIpc) is 3.05. The van der Waals surface area contributed by atoms with Gasteiger partial charge in [0.05, 0.1) is 7.11 Å². The molecule has 6 nitrogen and oxygen atoms in total. The molecule has 3 rings (SSSR count). The predicted molar refractivity (Wildman–Crippen MR) is 97.9 cm³/mol. The fourth-order valence-corrected chi connectivity index (χ4v) is 3.37. The summed E-state index contributed by atoms with van der Waals surface area (Å²) in [5.74, 6) is 1.80. The molecular formula is C19H26N4O2. The topological polar surface area (TPSA) is 59.4 Å². The Hall–Kier alpha value is -2.50. The maximum atomic E-state index is 12.7. The van der Waals surface area contributed by atoms with Crippen LogP contribution < -0.4 is 10.1 Å². The summed E-state index contributed by atoms with van der Waals surface area (Å²) in [4.78, 5) is 19.0. The summed E-state index contributed by atoms with van der Waals surface area (Å²) in [6, 6.07) is 7.69. The van der Waals surface area contributed by atoms with E-state index in [-0.39, 0.29) is 12.1 Å². The smallest absolute Gasteiger partial charge is 0.322 e. The number of imidazole rings is 1. The number of likely N-dealkylation sites (tertiary alicyclic amines) is 1. The van der Waals surface area contributed by atoms with Crippen LogP contribution in [0.5, 0.6) is 5.75 Å². The summed E-state index contributed by atoms with van der Waals surface area (Å²) in [5, 5.41) is 3.01. The number of nitrogens with zero attached hydrogens (tertiary/aromatic N) is 3. The number of urea groups is 1. The molecule has 0 radical (unpaired) electrons. The van der Waals surface area contributed by atoms with E-state index in [0.29, 0.717) is 0 Å². The van der Waals surface area contributed by atoms with E-state index in [0.717, 1.165) is 49.6 Å². The lowest BCUT2D eigenvalue weighted by Gasteiger charge is -2.36. The minimum absolute atomic E-state index is 0.0165. The first-order valence-corrected chi connectivity index (χ1v) is 8.87. The molecule has 2 amide bonds. The normalized spacial score (nSPS) is 17.4. The van der Waals surface area contributed by atoms with Crippen LogP contribution in [0.15, 0.2) is 36.7 Å². The molecule has 1 aliphatic heterocycles. The molecule has 1 aromatic carbocycles. The number of methoxy groups -OCH3 is 1. The van der Waals surface area contributed by atoms with Crippen molar-refractivity contribution in [1.82, 2.24) is 14.5 Å². The number of amides is 2. The number of ether oxygens (including phenoxy) is 1. The van der Waals surface area contributed by atoms with E-state index >= 15 is 0 Å². The van der Waals surface area contributed by atoms with Gasteiger partial charge in [0, 0.05) is 37.2 Å². The first kappa shape index (κ1) is 17.3. The molecule has 2 aromatic rings. The number of piperidine rings is 1. The quantitative estimate of drug-likeness (QED) is 0.902. The molecule has 6 heteroatoms. The zero-order valence-corrected chi connectivity index (χ0v) is 14.9. The zero-order chi connectivity index (χ0) is 17.6. The lowest BCUT2D eigenvalue weighted by molar-refractivity contribution is 0.155. The molecule has 1 aliphatic rings. The number of benzene rings is 1. The molecule has 0 aliphatic carbocycles. The number of hydrogen-bond donors (Lipinski definition) is 1. The SMILES string of the molecule is COc1ccc(NC(=O)N2CCCCC2CCn2ccnc2C)cc1. The van der Waals surface area contributed by atoms with Crippen LogP contribution >= 0.6 is 0 Å². The Bertz CT molecular complexity index is 696. The van der Waals surface area contributed by atoms with E-state index in [2.05, 4.69) is 14.9 Å². The van der Waals surface area contributed by atoms with Crippen LogP contribution in [0, 0.1) is 6.92 Å². The highest BCUT2D eigenvalue weighted by Crippen LogP contribution is 2.22. The molecule has 134 valence electrons. The summed E-state index contributed by atoms with van der Waals surface area (Å²) in [6.45, 7) is 3.72. The van der Waals surface area contributed by atoms with Crippen molar-refractivity contribution in [2.75, 3.05) is 19.0 Å². The monoisotopic (exact) mass is 342 g/mol. The summed E-state index contributed by atoms with van der Waals surface area (Å²) >= 11 is 0. The summed E-state index contributed by atoms with van der Waals surface area (Å²) in [5.41, 5.74) is 0.792. The van der Waals surface area contributed by atoms with Crippen molar-refractivity contribution in [2.24, 2.45) is 0 Å². The largest absolute Gasteiger partial charge is 0.497 e. The van der Waals surface area contributed by atoms with Crippen molar-refractivity contribution in [3.8, 4) is 5.75 Å². The van der Waals surface area contributed by atoms with E-state index < -0.39 is 0 Å². The molecule has 0 saturated carbocycles. The fourth-order valence-electron chi connectivity index (χ4n) is 3.37. The highest BCUT2D eigenvalue weighted by molar-refractivity contribution is 5.89. The second kappa shape index (κ2) is 8.05. The van der Waals surface area contributed by atoms with Crippen LogP contribution in [0.3, 0.4) is 0 Å². The third-order valence-corrected chi connectivity index (χ3v) is 4.86. The Morgan fingerprint density at radius 2 is 2.12 bits per heavy atom. The van der Waals surface area contributed by atoms with Gasteiger partial charge in [0.2, 0.25) is 0 Å². The zero-order valence-electron chi connectivity index (χ0n) is 14.9. The minimum Gasteiger partial charge on any atom is -0.497 e. The van der Waals surface area contributed by atoms with Crippen LogP contribution in [-0.4, -0.2) is 40.2 Å². The lowest BCUT2D eigenvalue weighted by Crippen LogP contribution is -2.46. The molecule has 1 aromatic heterocycles. The van der Waals surface area contributed by atoms with Crippen molar-refractivity contribution < 1.29 is 9.53 Å². The van der Waals surface area contributed by atoms with Gasteiger partial charge in [-0.1, -0.05) is 0 Å². The van der Waals surface area contributed by atoms with Gasteiger partial charge < -0.3 is 19.5 Å². The molecule has 1 N–H and O–H groups in total. The lowest BCUT2D eigenvalue weighted by atomic mass is 9.99. The molecule has 25 heavy (non-hydrogen) atoms. The summed E-state index contributed by atoms with van der Waals surface area (Å²) in [7, 11) is 1.63. The molecule has 1 atom stereocenters. The fraction of sp³-hybridized carbons (Fsp3) is 0.474. The molecule has 1 unspecified atom stereocenters. The van der Waals surface area contributed by atoms with E-state index in [1.54, 1.807) is 7.11 Å². The number of hydrogen-bond acceptors (Lipinski definition) is 3. The molecule has 2 heterocycles. The highest BCUT2D eigenvalue weighted by Gasteiger charge is 2.26. The van der Waals surface area contributed by atoms with Crippen LogP contribution in [0.2, 0.25) is 0 Å². The first-order chi connectivity index (χ1) is 12.2. The van der Waals surface area contributed by atoms with Gasteiger partial charge in [-0.3, -0.25) is 0 Å². The van der Waals surface area contributed by atoms with Gasteiger partial charge in [-0.2, -0.15) is 0 Å². The Labute approximate surface area is 148 Å². The van der Waals surface area contributed by atoms with Crippen LogP contribution in [0.1, 0.15) is 31.5 Å². The number of anilines is 1. The van der Waals surface area contributed by atoms with Gasteiger partial charge >= 0.3 is 6.03 Å². The maximum absolute atomic E-state index is 12.7. The third kappa shape index (κ3) is 4.32. The average molecular weight is 342 g/mol. The van der Waals surface area contributed by atoms with Crippen molar-refractivity contribution in [3.63, 3.8) is 0 Å². The van der Waals surface area contributed by atoms with Crippen molar-refractivity contribution >= 4 is 11.7 Å². The summed E-state index contributed by atoms with van der Waals surface area (Å²) in [6.07, 6.45) is 8.08. The van der Waals surface area contributed by atoms with E-state index in [1.165, 1.54) is 6.42 Å². The first-order valence-electron chi connectivity index (χ1n) is 8.87. The number of rotatable bonds is 5. The Morgan fingerprint density at radius 1 is 1.32 bits per heavy atom.